The van der Waals surface area contributed by atoms with Gasteiger partial charge in [0, 0.05) is 23.9 Å². The molecule has 0 aromatic rings. The van der Waals surface area contributed by atoms with Gasteiger partial charge in [-0.1, -0.05) is 31.8 Å². The van der Waals surface area contributed by atoms with Gasteiger partial charge in [0.2, 0.25) is 5.91 Å². The second-order valence-corrected chi connectivity index (χ2v) is 4.35. The molecule has 1 atom stereocenters. The Morgan fingerprint density at radius 1 is 1.56 bits per heavy atom. The van der Waals surface area contributed by atoms with Gasteiger partial charge < -0.3 is 4.90 Å². The Balaban J connectivity index is 2.36. The topological polar surface area (TPSA) is 69.1 Å². The van der Waals surface area contributed by atoms with Crippen LogP contribution in [0, 0.1) is 5.92 Å². The van der Waals surface area contributed by atoms with Crippen LogP contribution >= 0.6 is 0 Å². The summed E-state index contributed by atoms with van der Waals surface area (Å²) in [6.07, 6.45) is 4.12. The number of unbranched alkanes of at least 4 members (excludes halogenated alkanes) is 1. The minimum Gasteiger partial charge on any atom is -0.341 e. The smallest absolute Gasteiger partial charge is 0.225 e. The quantitative estimate of drug-likeness (QED) is 0.388. The Bertz CT molecular complexity index is 280. The predicted octanol–water partition coefficient (Wildman–Crippen LogP) is 2.72. The fraction of sp³-hybridized carbons (Fsp3) is 0.909. The molecule has 0 saturated carbocycles. The van der Waals surface area contributed by atoms with Crippen LogP contribution < -0.4 is 0 Å². The zero-order chi connectivity index (χ0) is 12.0. The van der Waals surface area contributed by atoms with Crippen LogP contribution in [0.25, 0.3) is 10.4 Å². The first-order chi connectivity index (χ1) is 7.72. The molecule has 0 bridgehead atoms. The fourth-order valence-electron chi connectivity index (χ4n) is 1.99. The van der Waals surface area contributed by atoms with E-state index in [0.29, 0.717) is 13.1 Å². The third-order valence-electron chi connectivity index (χ3n) is 3.14. The van der Waals surface area contributed by atoms with Crippen molar-refractivity contribution in [3.63, 3.8) is 0 Å². The molecular formula is C11H20N4O. The summed E-state index contributed by atoms with van der Waals surface area (Å²) in [7, 11) is 0. The zero-order valence-electron chi connectivity index (χ0n) is 10.1. The highest BCUT2D eigenvalue weighted by Crippen LogP contribution is 2.20. The highest BCUT2D eigenvalue weighted by Gasteiger charge is 2.32. The Morgan fingerprint density at radius 3 is 2.75 bits per heavy atom. The molecular weight excluding hydrogens is 204 g/mol. The van der Waals surface area contributed by atoms with Gasteiger partial charge in [-0.3, -0.25) is 4.79 Å². The van der Waals surface area contributed by atoms with Crippen LogP contribution in [-0.4, -0.2) is 29.9 Å². The molecule has 1 aliphatic heterocycles. The third-order valence-corrected chi connectivity index (χ3v) is 3.14. The lowest BCUT2D eigenvalue weighted by molar-refractivity contribution is -0.140. The fourth-order valence-corrected chi connectivity index (χ4v) is 1.99. The number of amides is 1. The van der Waals surface area contributed by atoms with Crippen molar-refractivity contribution in [1.82, 2.24) is 4.90 Å². The first-order valence-corrected chi connectivity index (χ1v) is 6.05. The number of nitrogens with zero attached hydrogens (tertiary/aromatic N) is 4. The summed E-state index contributed by atoms with van der Waals surface area (Å²) in [5.41, 5.74) is 8.25. The maximum atomic E-state index is 12.0. The molecule has 0 aliphatic carbocycles. The normalized spacial score (nSPS) is 17.5. The standard InChI is InChI=1S/C11H20N4O/c1-3-5-6-9(4-2)11(16)15-7-10(8-15)13-14-12/h9-10H,3-8H2,1-2H3. The van der Waals surface area contributed by atoms with Crippen molar-refractivity contribution in [3.8, 4) is 0 Å². The van der Waals surface area contributed by atoms with Crippen molar-refractivity contribution in [1.29, 1.82) is 0 Å². The lowest BCUT2D eigenvalue weighted by Gasteiger charge is -2.38. The van der Waals surface area contributed by atoms with E-state index < -0.39 is 0 Å². The number of carbonyl (C=O) groups is 1. The van der Waals surface area contributed by atoms with E-state index in [4.69, 9.17) is 5.53 Å². The van der Waals surface area contributed by atoms with Crippen LogP contribution in [0.5, 0.6) is 0 Å². The summed E-state index contributed by atoms with van der Waals surface area (Å²) in [5.74, 6) is 0.396. The lowest BCUT2D eigenvalue weighted by atomic mass is 9.95. The van der Waals surface area contributed by atoms with Crippen molar-refractivity contribution in [2.75, 3.05) is 13.1 Å². The molecule has 0 aromatic heterocycles. The summed E-state index contributed by atoms with van der Waals surface area (Å²) < 4.78 is 0. The molecule has 1 rings (SSSR count). The average Bonchev–Trinajstić information content (AvgIpc) is 2.23. The maximum Gasteiger partial charge on any atom is 0.225 e. The van der Waals surface area contributed by atoms with E-state index in [1.165, 1.54) is 0 Å². The van der Waals surface area contributed by atoms with Crippen molar-refractivity contribution in [2.24, 2.45) is 11.0 Å². The number of rotatable bonds is 6. The highest BCUT2D eigenvalue weighted by molar-refractivity contribution is 5.79. The molecule has 0 N–H and O–H groups in total. The summed E-state index contributed by atoms with van der Waals surface area (Å²) in [6.45, 7) is 5.40. The van der Waals surface area contributed by atoms with Crippen LogP contribution in [0.3, 0.4) is 0 Å². The predicted molar refractivity (Wildman–Crippen MR) is 62.8 cm³/mol. The van der Waals surface area contributed by atoms with Gasteiger partial charge in [0.05, 0.1) is 6.04 Å². The van der Waals surface area contributed by atoms with Crippen molar-refractivity contribution >= 4 is 5.91 Å². The molecule has 0 spiro atoms. The van der Waals surface area contributed by atoms with Crippen LogP contribution in [0.4, 0.5) is 0 Å². The molecule has 1 unspecified atom stereocenters. The highest BCUT2D eigenvalue weighted by atomic mass is 16.2. The van der Waals surface area contributed by atoms with Crippen LogP contribution in [0.1, 0.15) is 39.5 Å². The molecule has 1 heterocycles. The molecule has 1 fully saturated rings. The van der Waals surface area contributed by atoms with Gasteiger partial charge >= 0.3 is 0 Å². The Morgan fingerprint density at radius 2 is 2.25 bits per heavy atom. The SMILES string of the molecule is CCCCC(CC)C(=O)N1CC(N=[N+]=[N-])C1. The van der Waals surface area contributed by atoms with Gasteiger partial charge in [-0.15, -0.1) is 0 Å². The van der Waals surface area contributed by atoms with E-state index >= 15 is 0 Å². The molecule has 1 aliphatic rings. The Hall–Kier alpha value is -1.22. The second-order valence-electron chi connectivity index (χ2n) is 4.35. The van der Waals surface area contributed by atoms with Crippen molar-refractivity contribution in [3.05, 3.63) is 10.4 Å². The lowest BCUT2D eigenvalue weighted by Crippen LogP contribution is -2.54. The molecule has 1 saturated heterocycles. The van der Waals surface area contributed by atoms with Gasteiger partial charge in [0.1, 0.15) is 0 Å². The zero-order valence-corrected chi connectivity index (χ0v) is 10.1. The molecule has 0 radical (unpaired) electrons. The van der Waals surface area contributed by atoms with E-state index in [9.17, 15) is 4.79 Å². The minimum absolute atomic E-state index is 0.00219. The first-order valence-electron chi connectivity index (χ1n) is 6.05. The largest absolute Gasteiger partial charge is 0.341 e. The molecule has 5 nitrogen and oxygen atoms in total. The van der Waals surface area contributed by atoms with Crippen LogP contribution in [0.2, 0.25) is 0 Å². The molecule has 90 valence electrons. The number of hydrogen-bond donors (Lipinski definition) is 0. The van der Waals surface area contributed by atoms with Gasteiger partial charge in [0.25, 0.3) is 0 Å². The monoisotopic (exact) mass is 224 g/mol. The maximum absolute atomic E-state index is 12.0. The second kappa shape index (κ2) is 6.38. The van der Waals surface area contributed by atoms with E-state index in [2.05, 4.69) is 23.9 Å². The van der Waals surface area contributed by atoms with Crippen LogP contribution in [0.15, 0.2) is 5.11 Å². The van der Waals surface area contributed by atoms with Crippen molar-refractivity contribution < 1.29 is 4.79 Å². The molecule has 16 heavy (non-hydrogen) atoms. The number of hydrogen-bond acceptors (Lipinski definition) is 2. The minimum atomic E-state index is -0.00219. The Kier molecular flexibility index (Phi) is 5.12. The van der Waals surface area contributed by atoms with E-state index in [-0.39, 0.29) is 17.9 Å². The van der Waals surface area contributed by atoms with Gasteiger partial charge in [-0.05, 0) is 18.4 Å². The summed E-state index contributed by atoms with van der Waals surface area (Å²) in [4.78, 5) is 16.6. The van der Waals surface area contributed by atoms with E-state index in [1.807, 2.05) is 4.90 Å². The van der Waals surface area contributed by atoms with Gasteiger partial charge in [-0.25, -0.2) is 0 Å². The van der Waals surface area contributed by atoms with Gasteiger partial charge in [0.15, 0.2) is 0 Å². The number of likely N-dealkylation sites (tertiary alicyclic amines) is 1. The van der Waals surface area contributed by atoms with Gasteiger partial charge in [-0.2, -0.15) is 0 Å². The number of carbonyl (C=O) groups excluding carboxylic acids is 1. The Labute approximate surface area is 96.4 Å². The average molecular weight is 224 g/mol. The summed E-state index contributed by atoms with van der Waals surface area (Å²) in [5, 5.41) is 3.60. The molecule has 1 amide bonds. The van der Waals surface area contributed by atoms with E-state index in [1.54, 1.807) is 0 Å². The van der Waals surface area contributed by atoms with Crippen molar-refractivity contribution in [2.45, 2.75) is 45.6 Å². The summed E-state index contributed by atoms with van der Waals surface area (Å²) >= 11 is 0. The first kappa shape index (κ1) is 12.8. The van der Waals surface area contributed by atoms with Crippen LogP contribution in [-0.2, 0) is 4.79 Å². The van der Waals surface area contributed by atoms with E-state index in [0.717, 1.165) is 25.7 Å². The number of azide groups is 1. The summed E-state index contributed by atoms with van der Waals surface area (Å²) in [6, 6.07) is -0.00219. The molecule has 5 heteroatoms. The third kappa shape index (κ3) is 3.14. The molecule has 0 aromatic carbocycles.